The van der Waals surface area contributed by atoms with E-state index >= 15 is 0 Å². The Hall–Kier alpha value is -3.23. The van der Waals surface area contributed by atoms with E-state index in [2.05, 4.69) is 39.4 Å². The molecule has 0 aliphatic carbocycles. The van der Waals surface area contributed by atoms with Crippen molar-refractivity contribution in [1.82, 2.24) is 25.4 Å². The fourth-order valence-corrected chi connectivity index (χ4v) is 3.27. The standard InChI is InChI=1S/C19H24N8O/c1-13(2)27-12-23-15-10-16(27)24-17(14-4-3-5-20-11-14)25-18(15)21-6-8-26-9-7-22-19(26)28/h3-5,10-13,16H,6-9H2,1-2H3,(H,22,28)(H,21,24,25). The average Bonchev–Trinajstić information content (AvgIpc) is 3.05. The summed E-state index contributed by atoms with van der Waals surface area (Å²) in [4.78, 5) is 34.0. The van der Waals surface area contributed by atoms with Crippen molar-refractivity contribution in [2.75, 3.05) is 26.2 Å². The molecule has 9 heteroatoms. The molecule has 1 unspecified atom stereocenters. The Kier molecular flexibility index (Phi) is 5.05. The number of amidine groups is 2. The molecular formula is C19H24N8O. The van der Waals surface area contributed by atoms with Crippen LogP contribution >= 0.6 is 0 Å². The quantitative estimate of drug-likeness (QED) is 0.790. The highest BCUT2D eigenvalue weighted by Gasteiger charge is 2.26. The van der Waals surface area contributed by atoms with Crippen molar-refractivity contribution in [1.29, 1.82) is 0 Å². The van der Waals surface area contributed by atoms with Gasteiger partial charge in [0.25, 0.3) is 0 Å². The fourth-order valence-electron chi connectivity index (χ4n) is 3.27. The Balaban J connectivity index is 1.57. The van der Waals surface area contributed by atoms with Crippen LogP contribution in [0.5, 0.6) is 0 Å². The molecule has 1 aromatic heterocycles. The lowest BCUT2D eigenvalue weighted by atomic mass is 10.2. The Bertz CT molecular complexity index is 858. The van der Waals surface area contributed by atoms with Crippen LogP contribution in [0.3, 0.4) is 0 Å². The van der Waals surface area contributed by atoms with Crippen LogP contribution in [0.2, 0.25) is 0 Å². The van der Waals surface area contributed by atoms with Crippen molar-refractivity contribution in [3.8, 4) is 0 Å². The van der Waals surface area contributed by atoms with Crippen molar-refractivity contribution in [2.45, 2.75) is 26.1 Å². The van der Waals surface area contributed by atoms with Crippen LogP contribution in [-0.4, -0.2) is 77.2 Å². The molecular weight excluding hydrogens is 356 g/mol. The maximum atomic E-state index is 11.7. The van der Waals surface area contributed by atoms with Crippen molar-refractivity contribution in [2.24, 2.45) is 15.0 Å². The molecule has 2 amide bonds. The van der Waals surface area contributed by atoms with Crippen LogP contribution in [0.15, 0.2) is 51.3 Å². The van der Waals surface area contributed by atoms with E-state index in [1.54, 1.807) is 17.3 Å². The Morgan fingerprint density at radius 1 is 1.39 bits per heavy atom. The second-order valence-corrected chi connectivity index (χ2v) is 7.05. The number of fused-ring (bicyclic) bond motifs is 1. The van der Waals surface area contributed by atoms with E-state index in [0.717, 1.165) is 17.8 Å². The third-order valence-electron chi connectivity index (χ3n) is 4.79. The Morgan fingerprint density at radius 3 is 3.00 bits per heavy atom. The van der Waals surface area contributed by atoms with Gasteiger partial charge in [0.05, 0.1) is 6.34 Å². The predicted octanol–water partition coefficient (Wildman–Crippen LogP) is 0.817. The summed E-state index contributed by atoms with van der Waals surface area (Å²) in [5, 5.41) is 6.14. The number of urea groups is 1. The molecule has 4 heterocycles. The van der Waals surface area contributed by atoms with Crippen molar-refractivity contribution in [3.63, 3.8) is 0 Å². The van der Waals surface area contributed by atoms with Gasteiger partial charge in [0, 0.05) is 50.2 Å². The van der Waals surface area contributed by atoms with Gasteiger partial charge in [-0.15, -0.1) is 0 Å². The van der Waals surface area contributed by atoms with Gasteiger partial charge in [0.15, 0.2) is 11.7 Å². The maximum Gasteiger partial charge on any atom is 0.317 e. The molecule has 9 nitrogen and oxygen atoms in total. The number of rotatable bonds is 5. The molecule has 2 N–H and O–H groups in total. The summed E-state index contributed by atoms with van der Waals surface area (Å²) < 4.78 is 0. The summed E-state index contributed by atoms with van der Waals surface area (Å²) in [7, 11) is 0. The Morgan fingerprint density at radius 2 is 2.29 bits per heavy atom. The minimum Gasteiger partial charge on any atom is -0.366 e. The predicted molar refractivity (Wildman–Crippen MR) is 109 cm³/mol. The molecule has 1 saturated heterocycles. The molecule has 4 rings (SSSR count). The van der Waals surface area contributed by atoms with Crippen LogP contribution in [0.1, 0.15) is 19.4 Å². The van der Waals surface area contributed by atoms with Gasteiger partial charge in [-0.05, 0) is 32.1 Å². The zero-order valence-electron chi connectivity index (χ0n) is 16.0. The highest BCUT2D eigenvalue weighted by Crippen LogP contribution is 2.20. The number of hydrogen-bond acceptors (Lipinski definition) is 7. The van der Waals surface area contributed by atoms with Crippen LogP contribution in [-0.2, 0) is 0 Å². The van der Waals surface area contributed by atoms with E-state index in [0.29, 0.717) is 31.3 Å². The third kappa shape index (κ3) is 3.73. The number of aromatic nitrogens is 1. The second kappa shape index (κ2) is 7.79. The SMILES string of the molecule is CC(C)N1C=NC2=CC1N=C(c1cccnc1)N=C2NCCN1CCNC1=O. The van der Waals surface area contributed by atoms with Crippen LogP contribution in [0.25, 0.3) is 0 Å². The number of hydrogen-bond donors (Lipinski definition) is 2. The first-order valence-electron chi connectivity index (χ1n) is 9.49. The molecule has 3 aliphatic rings. The van der Waals surface area contributed by atoms with E-state index < -0.39 is 0 Å². The number of carbonyl (C=O) groups excluding carboxylic acids is 1. The third-order valence-corrected chi connectivity index (χ3v) is 4.79. The minimum atomic E-state index is -0.171. The minimum absolute atomic E-state index is 0.0234. The monoisotopic (exact) mass is 380 g/mol. The summed E-state index contributed by atoms with van der Waals surface area (Å²) in [6, 6.07) is 4.05. The number of amides is 2. The van der Waals surface area contributed by atoms with Gasteiger partial charge in [-0.3, -0.25) is 4.98 Å². The summed E-state index contributed by atoms with van der Waals surface area (Å²) in [5.41, 5.74) is 1.61. The smallest absolute Gasteiger partial charge is 0.317 e. The van der Waals surface area contributed by atoms with Gasteiger partial charge in [0.2, 0.25) is 0 Å². The fraction of sp³-hybridized carbons (Fsp3) is 0.421. The Labute approximate surface area is 164 Å². The number of pyridine rings is 1. The molecule has 146 valence electrons. The van der Waals surface area contributed by atoms with E-state index in [4.69, 9.17) is 9.98 Å². The summed E-state index contributed by atoms with van der Waals surface area (Å²) >= 11 is 0. The number of nitrogens with zero attached hydrogens (tertiary/aromatic N) is 6. The molecule has 0 spiro atoms. The molecule has 1 fully saturated rings. The molecule has 1 atom stereocenters. The first-order chi connectivity index (χ1) is 13.6. The average molecular weight is 380 g/mol. The van der Waals surface area contributed by atoms with Gasteiger partial charge < -0.3 is 20.4 Å². The lowest BCUT2D eigenvalue weighted by Gasteiger charge is -2.31. The zero-order valence-corrected chi connectivity index (χ0v) is 16.0. The highest BCUT2D eigenvalue weighted by atomic mass is 16.2. The first kappa shape index (κ1) is 18.1. The van der Waals surface area contributed by atoms with Crippen molar-refractivity contribution in [3.05, 3.63) is 41.9 Å². The molecule has 0 aromatic carbocycles. The maximum absolute atomic E-state index is 11.7. The molecule has 0 radical (unpaired) electrons. The topological polar surface area (TPSA) is 97.6 Å². The largest absolute Gasteiger partial charge is 0.366 e. The van der Waals surface area contributed by atoms with Gasteiger partial charge in [0.1, 0.15) is 11.9 Å². The number of aliphatic imine (C=N–C) groups is 3. The van der Waals surface area contributed by atoms with E-state index in [1.165, 1.54) is 0 Å². The molecule has 0 saturated carbocycles. The van der Waals surface area contributed by atoms with Crippen LogP contribution < -0.4 is 10.6 Å². The summed E-state index contributed by atoms with van der Waals surface area (Å²) in [6.45, 7) is 6.81. The number of carbonyl (C=O) groups is 1. The second-order valence-electron chi connectivity index (χ2n) is 7.05. The zero-order chi connectivity index (χ0) is 19.5. The molecule has 1 aromatic rings. The van der Waals surface area contributed by atoms with Gasteiger partial charge in [-0.25, -0.2) is 19.8 Å². The van der Waals surface area contributed by atoms with Gasteiger partial charge in [-0.2, -0.15) is 0 Å². The lowest BCUT2D eigenvalue weighted by molar-refractivity contribution is 0.218. The van der Waals surface area contributed by atoms with E-state index in [9.17, 15) is 4.79 Å². The van der Waals surface area contributed by atoms with Crippen LogP contribution in [0, 0.1) is 0 Å². The van der Waals surface area contributed by atoms with Gasteiger partial charge in [-0.1, -0.05) is 0 Å². The highest BCUT2D eigenvalue weighted by molar-refractivity contribution is 6.12. The summed E-state index contributed by atoms with van der Waals surface area (Å²) in [6.07, 6.45) is 7.15. The lowest BCUT2D eigenvalue weighted by Crippen LogP contribution is -2.41. The van der Waals surface area contributed by atoms with E-state index in [-0.39, 0.29) is 18.2 Å². The van der Waals surface area contributed by atoms with Crippen molar-refractivity contribution < 1.29 is 4.79 Å². The van der Waals surface area contributed by atoms with Gasteiger partial charge >= 0.3 is 6.03 Å². The molecule has 3 aliphatic heterocycles. The van der Waals surface area contributed by atoms with Crippen molar-refractivity contribution >= 4 is 24.0 Å². The van der Waals surface area contributed by atoms with Crippen LogP contribution in [0.4, 0.5) is 4.79 Å². The molecule has 2 bridgehead atoms. The summed E-state index contributed by atoms with van der Waals surface area (Å²) in [5.74, 6) is 1.27. The van der Waals surface area contributed by atoms with E-state index in [1.807, 2.05) is 24.5 Å². The normalized spacial score (nSPS) is 21.2. The number of nitrogens with one attached hydrogen (secondary N) is 2. The first-order valence-corrected chi connectivity index (χ1v) is 9.49. The molecule has 28 heavy (non-hydrogen) atoms.